The summed E-state index contributed by atoms with van der Waals surface area (Å²) in [5.41, 5.74) is 2.67. The molecule has 0 radical (unpaired) electrons. The van der Waals surface area contributed by atoms with Crippen molar-refractivity contribution in [3.05, 3.63) is 65.3 Å². The number of hydrogen-bond donors (Lipinski definition) is 1. The van der Waals surface area contributed by atoms with Crippen LogP contribution in [0.5, 0.6) is 0 Å². The zero-order valence-electron chi connectivity index (χ0n) is 15.0. The van der Waals surface area contributed by atoms with Gasteiger partial charge in [0.25, 0.3) is 5.91 Å². The van der Waals surface area contributed by atoms with E-state index in [-0.39, 0.29) is 11.4 Å². The van der Waals surface area contributed by atoms with Crippen molar-refractivity contribution in [1.29, 1.82) is 0 Å². The molecular formula is C20H20ClN5O. The maximum absolute atomic E-state index is 13.0. The van der Waals surface area contributed by atoms with Crippen molar-refractivity contribution in [1.82, 2.24) is 19.4 Å². The fourth-order valence-electron chi connectivity index (χ4n) is 4.64. The number of pyridine rings is 1. The molecule has 27 heavy (non-hydrogen) atoms. The number of H-pyrrole nitrogens is 1. The molecule has 0 bridgehead atoms. The van der Waals surface area contributed by atoms with Crippen LogP contribution in [0.25, 0.3) is 5.82 Å². The highest BCUT2D eigenvalue weighted by Crippen LogP contribution is 2.46. The molecule has 5 rings (SSSR count). The van der Waals surface area contributed by atoms with Crippen molar-refractivity contribution in [2.45, 2.75) is 18.9 Å². The number of hydrogen-bond acceptors (Lipinski definition) is 3. The Bertz CT molecular complexity index is 1020. The van der Waals surface area contributed by atoms with Crippen molar-refractivity contribution < 1.29 is 4.79 Å². The quantitative estimate of drug-likeness (QED) is 0.739. The predicted molar refractivity (Wildman–Crippen MR) is 105 cm³/mol. The summed E-state index contributed by atoms with van der Waals surface area (Å²) in [6.45, 7) is 4.36. The van der Waals surface area contributed by atoms with Gasteiger partial charge in [0, 0.05) is 38.2 Å². The highest BCUT2D eigenvalue weighted by molar-refractivity contribution is 6.29. The highest BCUT2D eigenvalue weighted by atomic mass is 35.5. The molecule has 0 unspecified atom stereocenters. The second-order valence-electron chi connectivity index (χ2n) is 7.10. The maximum atomic E-state index is 13.0. The van der Waals surface area contributed by atoms with Crippen molar-refractivity contribution in [2.24, 2.45) is 0 Å². The predicted octanol–water partition coefficient (Wildman–Crippen LogP) is 3.44. The molecule has 0 saturated carbocycles. The van der Waals surface area contributed by atoms with Gasteiger partial charge >= 0.3 is 0 Å². The van der Waals surface area contributed by atoms with Crippen LogP contribution in [0.15, 0.2) is 48.9 Å². The molecule has 2 aliphatic heterocycles. The number of likely N-dealkylation sites (N-methyl/N-ethyl adjacent to an activating group) is 1. The average Bonchev–Trinajstić information content (AvgIpc) is 3.41. The Kier molecular flexibility index (Phi) is 3.59. The van der Waals surface area contributed by atoms with Gasteiger partial charge in [-0.2, -0.15) is 0 Å². The number of carbonyl (C=O) groups excluding carboxylic acids is 1. The van der Waals surface area contributed by atoms with E-state index in [0.717, 1.165) is 24.5 Å². The lowest BCUT2D eigenvalue weighted by Crippen LogP contribution is -2.52. The summed E-state index contributed by atoms with van der Waals surface area (Å²) in [4.78, 5) is 24.8. The van der Waals surface area contributed by atoms with Gasteiger partial charge < -0.3 is 19.4 Å². The molecular weight excluding hydrogens is 362 g/mol. The number of likely N-dealkylation sites (tertiary alicyclic amines) is 1. The fourth-order valence-corrected chi connectivity index (χ4v) is 4.81. The SMILES string of the molecule is CCN1c2cccnc2-n2cccc2[C@]12CCN(C(=O)c1c[nH]c(Cl)c1)C2. The Balaban J connectivity index is 1.57. The zero-order valence-corrected chi connectivity index (χ0v) is 15.8. The Morgan fingerprint density at radius 1 is 1.37 bits per heavy atom. The summed E-state index contributed by atoms with van der Waals surface area (Å²) in [5, 5.41) is 0.481. The molecule has 1 fully saturated rings. The number of fused-ring (bicyclic) bond motifs is 4. The van der Waals surface area contributed by atoms with Crippen LogP contribution in [0.1, 0.15) is 29.4 Å². The average molecular weight is 382 g/mol. The van der Waals surface area contributed by atoms with E-state index in [4.69, 9.17) is 11.6 Å². The third-order valence-electron chi connectivity index (χ3n) is 5.77. The first kappa shape index (κ1) is 16.4. The normalized spacial score (nSPS) is 20.8. The molecule has 1 spiro atoms. The van der Waals surface area contributed by atoms with Gasteiger partial charge in [-0.1, -0.05) is 11.6 Å². The number of anilines is 1. The first-order chi connectivity index (χ1) is 13.1. The van der Waals surface area contributed by atoms with Gasteiger partial charge in [-0.15, -0.1) is 0 Å². The van der Waals surface area contributed by atoms with Gasteiger partial charge in [0.1, 0.15) is 10.7 Å². The Labute approximate surface area is 162 Å². The zero-order chi connectivity index (χ0) is 18.6. The lowest BCUT2D eigenvalue weighted by Gasteiger charge is -2.46. The lowest BCUT2D eigenvalue weighted by atomic mass is 9.89. The summed E-state index contributed by atoms with van der Waals surface area (Å²) in [5.74, 6) is 0.966. The molecule has 1 saturated heterocycles. The first-order valence-corrected chi connectivity index (χ1v) is 9.56. The number of halogens is 1. The van der Waals surface area contributed by atoms with Gasteiger partial charge in [-0.25, -0.2) is 4.98 Å². The van der Waals surface area contributed by atoms with E-state index < -0.39 is 0 Å². The Hall–Kier alpha value is -2.73. The van der Waals surface area contributed by atoms with E-state index in [1.807, 2.05) is 17.2 Å². The molecule has 1 N–H and O–H groups in total. The number of aromatic amines is 1. The molecule has 6 nitrogen and oxygen atoms in total. The third-order valence-corrected chi connectivity index (χ3v) is 5.99. The van der Waals surface area contributed by atoms with Gasteiger partial charge in [0.05, 0.1) is 16.9 Å². The topological polar surface area (TPSA) is 57.2 Å². The van der Waals surface area contributed by atoms with Gasteiger partial charge in [0.2, 0.25) is 0 Å². The van der Waals surface area contributed by atoms with E-state index >= 15 is 0 Å². The minimum absolute atomic E-state index is 0.0150. The smallest absolute Gasteiger partial charge is 0.255 e. The molecule has 138 valence electrons. The van der Waals surface area contributed by atoms with E-state index in [0.29, 0.717) is 23.8 Å². The van der Waals surface area contributed by atoms with Crippen molar-refractivity contribution >= 4 is 23.2 Å². The number of nitrogens with one attached hydrogen (secondary N) is 1. The Morgan fingerprint density at radius 2 is 2.26 bits per heavy atom. The molecule has 3 aromatic heterocycles. The maximum Gasteiger partial charge on any atom is 0.255 e. The van der Waals surface area contributed by atoms with Crippen LogP contribution >= 0.6 is 11.6 Å². The first-order valence-electron chi connectivity index (χ1n) is 9.18. The third kappa shape index (κ3) is 2.26. The standard InChI is InChI=1S/C20H20ClN5O/c1-2-26-15-5-3-8-22-18(15)25-9-4-6-16(25)20(26)7-10-24(13-20)19(27)14-11-17(21)23-12-14/h3-6,8-9,11-12,23H,2,7,10,13H2,1H3/t20-/m1/s1. The number of amides is 1. The van der Waals surface area contributed by atoms with E-state index in [9.17, 15) is 4.79 Å². The monoisotopic (exact) mass is 381 g/mol. The number of rotatable bonds is 2. The summed E-state index contributed by atoms with van der Waals surface area (Å²) in [6, 6.07) is 10.00. The second-order valence-corrected chi connectivity index (χ2v) is 7.51. The van der Waals surface area contributed by atoms with Crippen molar-refractivity contribution in [3.63, 3.8) is 0 Å². The largest absolute Gasteiger partial charge is 0.356 e. The fraction of sp³-hybridized carbons (Fsp3) is 0.300. The van der Waals surface area contributed by atoms with Crippen molar-refractivity contribution in [2.75, 3.05) is 24.5 Å². The summed E-state index contributed by atoms with van der Waals surface area (Å²) < 4.78 is 2.17. The van der Waals surface area contributed by atoms with Crippen LogP contribution in [0, 0.1) is 0 Å². The summed E-state index contributed by atoms with van der Waals surface area (Å²) >= 11 is 5.96. The Morgan fingerprint density at radius 3 is 3.04 bits per heavy atom. The van der Waals surface area contributed by atoms with Crippen LogP contribution in [0.3, 0.4) is 0 Å². The van der Waals surface area contributed by atoms with Crippen LogP contribution < -0.4 is 4.90 Å². The van der Waals surface area contributed by atoms with E-state index in [1.165, 1.54) is 5.69 Å². The van der Waals surface area contributed by atoms with Crippen LogP contribution in [-0.2, 0) is 5.54 Å². The van der Waals surface area contributed by atoms with Crippen LogP contribution in [-0.4, -0.2) is 45.0 Å². The van der Waals surface area contributed by atoms with Gasteiger partial charge in [-0.05, 0) is 43.7 Å². The highest BCUT2D eigenvalue weighted by Gasteiger charge is 2.50. The molecule has 5 heterocycles. The minimum Gasteiger partial charge on any atom is -0.356 e. The van der Waals surface area contributed by atoms with Gasteiger partial charge in [-0.3, -0.25) is 4.79 Å². The van der Waals surface area contributed by atoms with Crippen LogP contribution in [0.4, 0.5) is 5.69 Å². The molecule has 1 atom stereocenters. The summed E-state index contributed by atoms with van der Waals surface area (Å²) in [7, 11) is 0. The summed E-state index contributed by atoms with van der Waals surface area (Å²) in [6.07, 6.45) is 6.44. The van der Waals surface area contributed by atoms with E-state index in [1.54, 1.807) is 12.3 Å². The molecule has 2 aliphatic rings. The molecule has 1 amide bonds. The van der Waals surface area contributed by atoms with Crippen molar-refractivity contribution in [3.8, 4) is 5.82 Å². The minimum atomic E-state index is -0.246. The molecule has 7 heteroatoms. The van der Waals surface area contributed by atoms with E-state index in [2.05, 4.69) is 50.8 Å². The molecule has 3 aromatic rings. The number of carbonyl (C=O) groups is 1. The number of aromatic nitrogens is 3. The lowest BCUT2D eigenvalue weighted by molar-refractivity contribution is 0.0782. The molecule has 0 aliphatic carbocycles. The second kappa shape index (κ2) is 5.89. The van der Waals surface area contributed by atoms with Crippen LogP contribution in [0.2, 0.25) is 5.15 Å². The van der Waals surface area contributed by atoms with Gasteiger partial charge in [0.15, 0.2) is 5.82 Å². The number of nitrogens with zero attached hydrogens (tertiary/aromatic N) is 4. The molecule has 0 aromatic carbocycles.